The third-order valence-corrected chi connectivity index (χ3v) is 17.2. The Morgan fingerprint density at radius 3 is 1.11 bits per heavy atom. The lowest BCUT2D eigenvalue weighted by Gasteiger charge is -2.08. The van der Waals surface area contributed by atoms with Crippen LogP contribution in [0.15, 0.2) is 183 Å². The van der Waals surface area contributed by atoms with Crippen LogP contribution in [-0.2, 0) is 38.9 Å². The molecular formula is C78H59Cl3N18O4. The Morgan fingerprint density at radius 1 is 0.437 bits per heavy atom. The number of aryl methyl sites for hydroxylation is 3. The Kier molecular flexibility index (Phi) is 21.4. The summed E-state index contributed by atoms with van der Waals surface area (Å²) in [5.74, 6) is -1.42. The Morgan fingerprint density at radius 2 is 0.767 bits per heavy atom. The van der Waals surface area contributed by atoms with Gasteiger partial charge in [0.25, 0.3) is 11.8 Å². The molecule has 6 aromatic carbocycles. The van der Waals surface area contributed by atoms with E-state index in [4.69, 9.17) is 45.6 Å². The number of rotatable bonds is 14. The first kappa shape index (κ1) is 70.0. The zero-order valence-electron chi connectivity index (χ0n) is 55.3. The van der Waals surface area contributed by atoms with Crippen LogP contribution in [-0.4, -0.2) is 83.4 Å². The van der Waals surface area contributed by atoms with Gasteiger partial charge in [0, 0.05) is 139 Å². The summed E-state index contributed by atoms with van der Waals surface area (Å²) in [5, 5.41) is 72.0. The van der Waals surface area contributed by atoms with Crippen LogP contribution in [0.4, 0.5) is 0 Å². The van der Waals surface area contributed by atoms with Crippen LogP contribution in [0.5, 0.6) is 0 Å². The van der Waals surface area contributed by atoms with Gasteiger partial charge in [-0.15, -0.1) is 0 Å². The van der Waals surface area contributed by atoms with E-state index >= 15 is 0 Å². The molecule has 9 heterocycles. The molecule has 22 nitrogen and oxygen atoms in total. The van der Waals surface area contributed by atoms with Crippen LogP contribution in [0.3, 0.4) is 0 Å². The van der Waals surface area contributed by atoms with Crippen LogP contribution < -0.4 is 16.4 Å². The highest BCUT2D eigenvalue weighted by atomic mass is 35.5. The maximum absolute atomic E-state index is 12.8. The normalized spacial score (nSPS) is 10.8. The number of aromatic amines is 3. The number of pyridine rings is 6. The SMILES string of the molecule is Cc1cnc2c(C#N)cc(Cc3cc(C(=O)NCc4[nH]nc5ccc(Cl)cc45)ccn3)cc2c1.Cc1cnc2c(C#N)cc(Cc3cc(C(=O)NCc4[nH]nc5ccc(Cl)cc45)ccn3)cc2c1.Cc1cnc2c(C#N)cc(Cc3cc(C(=O)O)ccn3)cc2c1.NCc1[nH]nc2ccc(Cl)cc12. The largest absolute Gasteiger partial charge is 0.478 e. The predicted molar refractivity (Wildman–Crippen MR) is 395 cm³/mol. The molecule has 0 aliphatic rings. The average molecular weight is 1420 g/mol. The summed E-state index contributed by atoms with van der Waals surface area (Å²) in [6.45, 7) is 6.91. The number of carboxylic acid groups (broad SMARTS) is 1. The van der Waals surface area contributed by atoms with Crippen molar-refractivity contribution in [3.63, 3.8) is 0 Å². The molecule has 0 unspecified atom stereocenters. The first-order valence-corrected chi connectivity index (χ1v) is 33.1. The first-order chi connectivity index (χ1) is 49.9. The maximum atomic E-state index is 12.8. The van der Waals surface area contributed by atoms with E-state index in [0.717, 1.165) is 111 Å². The Balaban J connectivity index is 0.000000137. The van der Waals surface area contributed by atoms with Crippen LogP contribution in [0.25, 0.3) is 65.4 Å². The summed E-state index contributed by atoms with van der Waals surface area (Å²) in [4.78, 5) is 62.8. The van der Waals surface area contributed by atoms with E-state index in [-0.39, 0.29) is 30.5 Å². The Labute approximate surface area is 603 Å². The number of nitrogens with two attached hydrogens (primary N) is 1. The lowest BCUT2D eigenvalue weighted by atomic mass is 10.0. The molecular weight excluding hydrogens is 1360 g/mol. The number of H-pyrrole nitrogens is 3. The van der Waals surface area contributed by atoms with E-state index in [2.05, 4.69) is 89.3 Å². The van der Waals surface area contributed by atoms with Crippen molar-refractivity contribution in [1.82, 2.24) is 71.1 Å². The molecule has 0 atom stereocenters. The quantitative estimate of drug-likeness (QED) is 0.0532. The van der Waals surface area contributed by atoms with Gasteiger partial charge >= 0.3 is 5.97 Å². The van der Waals surface area contributed by atoms with Gasteiger partial charge in [0.1, 0.15) is 18.2 Å². The summed E-state index contributed by atoms with van der Waals surface area (Å²) in [6.07, 6.45) is 11.4. The van der Waals surface area contributed by atoms with Crippen molar-refractivity contribution in [3.8, 4) is 18.2 Å². The van der Waals surface area contributed by atoms with Gasteiger partial charge < -0.3 is 21.5 Å². The molecule has 2 amide bonds. The van der Waals surface area contributed by atoms with Gasteiger partial charge in [0.05, 0.1) is 85.5 Å². The smallest absolute Gasteiger partial charge is 0.335 e. The molecule has 0 aliphatic heterocycles. The molecule has 103 heavy (non-hydrogen) atoms. The molecule has 0 saturated heterocycles. The van der Waals surface area contributed by atoms with Crippen LogP contribution >= 0.6 is 34.8 Å². The zero-order valence-corrected chi connectivity index (χ0v) is 57.6. The minimum atomic E-state index is -0.982. The number of nitrogens with zero attached hydrogens (tertiary/aromatic N) is 12. The van der Waals surface area contributed by atoms with E-state index in [1.165, 1.54) is 12.3 Å². The monoisotopic (exact) mass is 1420 g/mol. The van der Waals surface area contributed by atoms with E-state index in [1.54, 1.807) is 79.5 Å². The van der Waals surface area contributed by atoms with Crippen molar-refractivity contribution >= 4 is 118 Å². The molecule has 0 saturated carbocycles. The summed E-state index contributed by atoms with van der Waals surface area (Å²) in [5.41, 5.74) is 23.2. The molecule has 25 heteroatoms. The number of amides is 2. The fraction of sp³-hybridized carbons (Fsp3) is 0.115. The van der Waals surface area contributed by atoms with Gasteiger partial charge in [0.2, 0.25) is 0 Å². The highest BCUT2D eigenvalue weighted by Crippen LogP contribution is 2.28. The van der Waals surface area contributed by atoms with E-state index < -0.39 is 5.97 Å². The number of aromatic carboxylic acids is 1. The van der Waals surface area contributed by atoms with Crippen LogP contribution in [0.1, 0.15) is 115 Å². The number of carboxylic acids is 1. The number of nitriles is 3. The van der Waals surface area contributed by atoms with Gasteiger partial charge in [-0.05, 0) is 200 Å². The van der Waals surface area contributed by atoms with E-state index in [0.29, 0.717) is 90.9 Å². The van der Waals surface area contributed by atoms with Crippen molar-refractivity contribution < 1.29 is 19.5 Å². The highest BCUT2D eigenvalue weighted by molar-refractivity contribution is 6.32. The summed E-state index contributed by atoms with van der Waals surface area (Å²) in [7, 11) is 0. The number of fused-ring (bicyclic) bond motifs is 6. The molecule has 15 rings (SSSR count). The van der Waals surface area contributed by atoms with Gasteiger partial charge in [-0.1, -0.05) is 34.8 Å². The molecule has 0 spiro atoms. The number of hydrogen-bond acceptors (Lipinski definition) is 16. The minimum absolute atomic E-state index is 0.203. The molecule has 0 aliphatic carbocycles. The first-order valence-electron chi connectivity index (χ1n) is 32.0. The third-order valence-electron chi connectivity index (χ3n) is 16.5. The topological polar surface area (TPSA) is 356 Å². The summed E-state index contributed by atoms with van der Waals surface area (Å²) in [6, 6.07) is 50.3. The molecule has 0 radical (unpaired) electrons. The lowest BCUT2D eigenvalue weighted by molar-refractivity contribution is 0.0696. The molecule has 15 aromatic rings. The second-order valence-corrected chi connectivity index (χ2v) is 25.4. The molecule has 9 aromatic heterocycles. The fourth-order valence-corrected chi connectivity index (χ4v) is 12.2. The van der Waals surface area contributed by atoms with E-state index in [9.17, 15) is 30.2 Å². The van der Waals surface area contributed by atoms with Crippen molar-refractivity contribution in [2.24, 2.45) is 5.73 Å². The minimum Gasteiger partial charge on any atom is -0.478 e. The Hall–Kier alpha value is -12.9. The molecule has 0 bridgehead atoms. The number of halogens is 3. The van der Waals surface area contributed by atoms with Crippen molar-refractivity contribution in [3.05, 3.63) is 299 Å². The molecule has 0 fully saturated rings. The van der Waals surface area contributed by atoms with Gasteiger partial charge in [0.15, 0.2) is 0 Å². The molecule has 8 N–H and O–H groups in total. The fourth-order valence-electron chi connectivity index (χ4n) is 11.7. The van der Waals surface area contributed by atoms with E-state index in [1.807, 2.05) is 112 Å². The van der Waals surface area contributed by atoms with Crippen molar-refractivity contribution in [1.29, 1.82) is 15.8 Å². The van der Waals surface area contributed by atoms with Crippen LogP contribution in [0, 0.1) is 54.8 Å². The lowest BCUT2D eigenvalue weighted by Crippen LogP contribution is -2.23. The number of hydrogen-bond donors (Lipinski definition) is 7. The standard InChI is InChI=1S/2C26H19ClN6O.C18H13N3O2.C8H8ClN3/c2*1-15-6-18-7-16(8-19(12-28)25(18)30-13-15)9-21-10-17(4-5-29-21)26(34)31-14-24-22-11-20(27)2-3-23(22)32-33-24;1-11-4-14-5-12(6-15(9-19)17(14)21-10-11)7-16-8-13(18(22)23)2-3-20-16;9-5-1-2-7-6(3-5)8(4-10)12-11-7/h2*2-8,10-11,13H,9,14H2,1H3,(H,31,34)(H,32,33);2-6,8,10H,7H2,1H3,(H,22,23);1-3H,4,10H2,(H,11,12). The Bertz CT molecular complexity index is 5690. The van der Waals surface area contributed by atoms with Crippen molar-refractivity contribution in [2.45, 2.75) is 59.7 Å². The number of nitrogens with one attached hydrogen (secondary N) is 5. The zero-order chi connectivity index (χ0) is 72.3. The predicted octanol–water partition coefficient (Wildman–Crippen LogP) is 14.5. The maximum Gasteiger partial charge on any atom is 0.335 e. The number of carbonyl (C=O) groups is 3. The summed E-state index contributed by atoms with van der Waals surface area (Å²) < 4.78 is 0. The second kappa shape index (κ2) is 31.5. The number of carbonyl (C=O) groups excluding carboxylic acids is 2. The second-order valence-electron chi connectivity index (χ2n) is 24.1. The van der Waals surface area contributed by atoms with Crippen LogP contribution in [0.2, 0.25) is 15.1 Å². The molecule has 506 valence electrons. The number of benzene rings is 6. The van der Waals surface area contributed by atoms with Gasteiger partial charge in [-0.25, -0.2) is 4.79 Å². The average Bonchev–Trinajstić information content (AvgIpc) is 1.79. The van der Waals surface area contributed by atoms with Crippen molar-refractivity contribution in [2.75, 3.05) is 0 Å². The summed E-state index contributed by atoms with van der Waals surface area (Å²) >= 11 is 18.0. The third kappa shape index (κ3) is 16.9. The highest BCUT2D eigenvalue weighted by Gasteiger charge is 2.17. The van der Waals surface area contributed by atoms with Gasteiger partial charge in [-0.2, -0.15) is 31.1 Å². The number of aromatic nitrogens is 12. The van der Waals surface area contributed by atoms with Gasteiger partial charge in [-0.3, -0.25) is 54.8 Å².